The van der Waals surface area contributed by atoms with Crippen molar-refractivity contribution in [1.29, 1.82) is 5.26 Å². The van der Waals surface area contributed by atoms with Crippen molar-refractivity contribution in [2.45, 2.75) is 18.6 Å². The Morgan fingerprint density at radius 2 is 2.32 bits per heavy atom. The summed E-state index contributed by atoms with van der Waals surface area (Å²) in [5.74, 6) is -0.778. The summed E-state index contributed by atoms with van der Waals surface area (Å²) >= 11 is 0. The van der Waals surface area contributed by atoms with Crippen LogP contribution in [0.25, 0.3) is 0 Å². The molecule has 0 unspecified atom stereocenters. The summed E-state index contributed by atoms with van der Waals surface area (Å²) in [6, 6.07) is 5.82. The van der Waals surface area contributed by atoms with Crippen molar-refractivity contribution < 1.29 is 14.3 Å². The molecule has 0 spiro atoms. The second kappa shape index (κ2) is 4.96. The molecule has 0 saturated carbocycles. The fourth-order valence-corrected chi connectivity index (χ4v) is 1.76. The third-order valence-electron chi connectivity index (χ3n) is 2.79. The number of anilines is 1. The van der Waals surface area contributed by atoms with Gasteiger partial charge in [0.1, 0.15) is 17.5 Å². The molecule has 7 heteroatoms. The van der Waals surface area contributed by atoms with Crippen LogP contribution in [0.15, 0.2) is 18.2 Å². The van der Waals surface area contributed by atoms with Crippen LogP contribution in [-0.4, -0.2) is 24.0 Å². The number of para-hydroxylation sites is 1. The minimum absolute atomic E-state index is 0.0165. The molecular weight excluding hydrogens is 248 g/mol. The van der Waals surface area contributed by atoms with Crippen molar-refractivity contribution in [2.75, 3.05) is 5.32 Å². The molecule has 0 aliphatic carbocycles. The van der Waals surface area contributed by atoms with Gasteiger partial charge in [0, 0.05) is 6.42 Å². The van der Waals surface area contributed by atoms with E-state index in [-0.39, 0.29) is 6.42 Å². The minimum Gasteiger partial charge on any atom is -0.478 e. The van der Waals surface area contributed by atoms with Gasteiger partial charge in [0.2, 0.25) is 5.91 Å². The van der Waals surface area contributed by atoms with Crippen molar-refractivity contribution in [3.8, 4) is 11.8 Å². The number of primary amides is 1. The second-order valence-electron chi connectivity index (χ2n) is 4.13. The van der Waals surface area contributed by atoms with E-state index < -0.39 is 24.0 Å². The Bertz CT molecular complexity index is 579. The number of nitrogens with one attached hydrogen (secondary N) is 1. The van der Waals surface area contributed by atoms with Gasteiger partial charge < -0.3 is 21.5 Å². The van der Waals surface area contributed by atoms with Crippen LogP contribution in [0.3, 0.4) is 0 Å². The van der Waals surface area contributed by atoms with Crippen molar-refractivity contribution in [3.63, 3.8) is 0 Å². The van der Waals surface area contributed by atoms with Crippen LogP contribution in [0, 0.1) is 11.3 Å². The van der Waals surface area contributed by atoms with E-state index in [1.807, 2.05) is 6.07 Å². The van der Waals surface area contributed by atoms with Gasteiger partial charge in [-0.05, 0) is 12.1 Å². The molecule has 0 aromatic heterocycles. The normalized spacial score (nSPS) is 18.5. The SMILES string of the molecule is N#Cc1cccc2c1NC(=O)[C@H](C[C@H](N)C(N)=O)O2. The minimum atomic E-state index is -0.962. The largest absolute Gasteiger partial charge is 0.478 e. The summed E-state index contributed by atoms with van der Waals surface area (Å²) in [6.07, 6.45) is -0.916. The average molecular weight is 260 g/mol. The first-order chi connectivity index (χ1) is 9.02. The molecule has 98 valence electrons. The molecule has 5 N–H and O–H groups in total. The molecule has 2 rings (SSSR count). The highest BCUT2D eigenvalue weighted by Gasteiger charge is 2.31. The summed E-state index contributed by atoms with van der Waals surface area (Å²) < 4.78 is 5.46. The topological polar surface area (TPSA) is 131 Å². The Labute approximate surface area is 109 Å². The highest BCUT2D eigenvalue weighted by Crippen LogP contribution is 2.33. The number of fused-ring (bicyclic) bond motifs is 1. The van der Waals surface area contributed by atoms with Gasteiger partial charge in [-0.1, -0.05) is 6.07 Å². The van der Waals surface area contributed by atoms with Crippen LogP contribution in [-0.2, 0) is 9.59 Å². The fourth-order valence-electron chi connectivity index (χ4n) is 1.76. The summed E-state index contributed by atoms with van der Waals surface area (Å²) in [6.45, 7) is 0. The van der Waals surface area contributed by atoms with Crippen molar-refractivity contribution in [1.82, 2.24) is 0 Å². The van der Waals surface area contributed by atoms with Crippen LogP contribution in [0.1, 0.15) is 12.0 Å². The lowest BCUT2D eigenvalue weighted by atomic mass is 10.1. The third kappa shape index (κ3) is 2.48. The first kappa shape index (κ1) is 12.9. The van der Waals surface area contributed by atoms with Crippen LogP contribution < -0.4 is 21.5 Å². The lowest BCUT2D eigenvalue weighted by molar-refractivity contribution is -0.125. The molecule has 0 bridgehead atoms. The van der Waals surface area contributed by atoms with E-state index in [2.05, 4.69) is 5.32 Å². The van der Waals surface area contributed by atoms with E-state index in [0.29, 0.717) is 17.0 Å². The third-order valence-corrected chi connectivity index (χ3v) is 2.79. The zero-order valence-corrected chi connectivity index (χ0v) is 9.92. The number of nitriles is 1. The van der Waals surface area contributed by atoms with E-state index in [0.717, 1.165) is 0 Å². The van der Waals surface area contributed by atoms with Gasteiger partial charge in [0.15, 0.2) is 6.10 Å². The van der Waals surface area contributed by atoms with E-state index in [4.69, 9.17) is 21.5 Å². The number of hydrogen-bond donors (Lipinski definition) is 3. The number of nitrogens with two attached hydrogens (primary N) is 2. The van der Waals surface area contributed by atoms with Crippen LogP contribution in [0.5, 0.6) is 5.75 Å². The van der Waals surface area contributed by atoms with Crippen LogP contribution >= 0.6 is 0 Å². The van der Waals surface area contributed by atoms with Crippen molar-refractivity contribution in [2.24, 2.45) is 11.5 Å². The molecular formula is C12H12N4O3. The first-order valence-electron chi connectivity index (χ1n) is 5.58. The maximum Gasteiger partial charge on any atom is 0.265 e. The first-order valence-corrected chi connectivity index (χ1v) is 5.58. The lowest BCUT2D eigenvalue weighted by Crippen LogP contribution is -2.46. The van der Waals surface area contributed by atoms with Gasteiger partial charge in [-0.3, -0.25) is 9.59 Å². The van der Waals surface area contributed by atoms with Gasteiger partial charge >= 0.3 is 0 Å². The predicted molar refractivity (Wildman–Crippen MR) is 66.0 cm³/mol. The molecule has 1 aromatic rings. The predicted octanol–water partition coefficient (Wildman–Crippen LogP) is -0.540. The highest BCUT2D eigenvalue weighted by molar-refractivity contribution is 5.99. The summed E-state index contributed by atoms with van der Waals surface area (Å²) in [7, 11) is 0. The smallest absolute Gasteiger partial charge is 0.265 e. The van der Waals surface area contributed by atoms with Gasteiger partial charge in [0.25, 0.3) is 5.91 Å². The molecule has 0 radical (unpaired) electrons. The van der Waals surface area contributed by atoms with Gasteiger partial charge in [-0.25, -0.2) is 0 Å². The zero-order chi connectivity index (χ0) is 14.0. The molecule has 0 saturated heterocycles. The summed E-state index contributed by atoms with van der Waals surface area (Å²) in [5.41, 5.74) is 11.2. The molecule has 7 nitrogen and oxygen atoms in total. The Kier molecular flexibility index (Phi) is 3.35. The van der Waals surface area contributed by atoms with Crippen molar-refractivity contribution in [3.05, 3.63) is 23.8 Å². The average Bonchev–Trinajstić information content (AvgIpc) is 2.38. The maximum atomic E-state index is 11.8. The van der Waals surface area contributed by atoms with Crippen LogP contribution in [0.2, 0.25) is 0 Å². The molecule has 19 heavy (non-hydrogen) atoms. The Hall–Kier alpha value is -2.59. The number of benzene rings is 1. The van der Waals surface area contributed by atoms with E-state index in [1.165, 1.54) is 0 Å². The molecule has 2 atom stereocenters. The molecule has 1 aliphatic heterocycles. The summed E-state index contributed by atoms with van der Waals surface area (Å²) in [5, 5.41) is 11.5. The number of amides is 2. The molecule has 1 aromatic carbocycles. The number of carbonyl (C=O) groups excluding carboxylic acids is 2. The van der Waals surface area contributed by atoms with E-state index in [1.54, 1.807) is 18.2 Å². The Balaban J connectivity index is 2.23. The number of nitrogens with zero attached hydrogens (tertiary/aromatic N) is 1. The van der Waals surface area contributed by atoms with Gasteiger partial charge in [-0.2, -0.15) is 5.26 Å². The molecule has 0 fully saturated rings. The number of hydrogen-bond acceptors (Lipinski definition) is 5. The maximum absolute atomic E-state index is 11.8. The van der Waals surface area contributed by atoms with E-state index in [9.17, 15) is 9.59 Å². The Morgan fingerprint density at radius 3 is 2.95 bits per heavy atom. The fraction of sp³-hybridized carbons (Fsp3) is 0.250. The van der Waals surface area contributed by atoms with Crippen LogP contribution in [0.4, 0.5) is 5.69 Å². The number of rotatable bonds is 3. The zero-order valence-electron chi connectivity index (χ0n) is 9.92. The highest BCUT2D eigenvalue weighted by atomic mass is 16.5. The monoisotopic (exact) mass is 260 g/mol. The number of carbonyl (C=O) groups is 2. The molecule has 1 aliphatic rings. The van der Waals surface area contributed by atoms with E-state index >= 15 is 0 Å². The van der Waals surface area contributed by atoms with Gasteiger partial charge in [0.05, 0.1) is 11.6 Å². The van der Waals surface area contributed by atoms with Gasteiger partial charge in [-0.15, -0.1) is 0 Å². The lowest BCUT2D eigenvalue weighted by Gasteiger charge is -2.27. The number of ether oxygens (including phenoxy) is 1. The Morgan fingerprint density at radius 1 is 1.58 bits per heavy atom. The summed E-state index contributed by atoms with van der Waals surface area (Å²) in [4.78, 5) is 22.7. The molecule has 1 heterocycles. The van der Waals surface area contributed by atoms with Crippen molar-refractivity contribution >= 4 is 17.5 Å². The second-order valence-corrected chi connectivity index (χ2v) is 4.13. The standard InChI is InChI=1S/C12H12N4O3/c13-5-6-2-1-3-8-10(6)16-12(18)9(19-8)4-7(14)11(15)17/h1-3,7,9H,4,14H2,(H2,15,17)(H,16,18)/t7-,9-/m0/s1. The quantitative estimate of drug-likeness (QED) is 0.671. The molecule has 2 amide bonds.